The van der Waals surface area contributed by atoms with Crippen LogP contribution < -0.4 is 0 Å². The van der Waals surface area contributed by atoms with E-state index in [9.17, 15) is 4.79 Å². The molecule has 0 aromatic heterocycles. The summed E-state index contributed by atoms with van der Waals surface area (Å²) in [5, 5.41) is 8.27. The van der Waals surface area contributed by atoms with Gasteiger partial charge < -0.3 is 0 Å². The molecular weight excluding hydrogens is 116 g/mol. The van der Waals surface area contributed by atoms with Crippen LogP contribution >= 0.6 is 0 Å². The van der Waals surface area contributed by atoms with Gasteiger partial charge in [-0.05, 0) is 0 Å². The Bertz CT molecular complexity index is 222. The van der Waals surface area contributed by atoms with E-state index in [1.54, 1.807) is 6.07 Å². The van der Waals surface area contributed by atoms with Crippen molar-refractivity contribution in [3.8, 4) is 6.07 Å². The lowest BCUT2D eigenvalue weighted by Gasteiger charge is -1.98. The first-order valence-electron chi connectivity index (χ1n) is 2.48. The van der Waals surface area contributed by atoms with Crippen LogP contribution in [0.1, 0.15) is 0 Å². The molecule has 3 heteroatoms. The van der Waals surface area contributed by atoms with Gasteiger partial charge in [-0.1, -0.05) is 0 Å². The van der Waals surface area contributed by atoms with Crippen molar-refractivity contribution in [3.63, 3.8) is 0 Å². The van der Waals surface area contributed by atoms with E-state index in [1.807, 2.05) is 0 Å². The summed E-state index contributed by atoms with van der Waals surface area (Å²) in [5.74, 6) is -0.845. The fourth-order valence-corrected chi connectivity index (χ4v) is 0.526. The van der Waals surface area contributed by atoms with Crippen molar-refractivity contribution in [2.75, 3.05) is 0 Å². The number of hydrogen-bond acceptors (Lipinski definition) is 3. The number of nitrogens with zero attached hydrogens (tertiary/aromatic N) is 2. The van der Waals surface area contributed by atoms with Gasteiger partial charge in [0.25, 0.3) is 0 Å². The normalized spacial score (nSPS) is 23.9. The molecule has 0 fully saturated rings. The molecule has 0 aromatic rings. The second-order valence-electron chi connectivity index (χ2n) is 1.62. The number of ketones is 1. The van der Waals surface area contributed by atoms with E-state index in [-0.39, 0.29) is 5.78 Å². The van der Waals surface area contributed by atoms with Gasteiger partial charge in [0.2, 0.25) is 0 Å². The highest BCUT2D eigenvalue weighted by molar-refractivity contribution is 6.05. The SMILES string of the molecule is N#CC1C=NC=CC1=O. The fourth-order valence-electron chi connectivity index (χ4n) is 0.526. The van der Waals surface area contributed by atoms with E-state index in [0.29, 0.717) is 0 Å². The standard InChI is InChI=1S/C6H4N2O/c7-3-5-4-8-2-1-6(5)9/h1-2,4-5H. The Hall–Kier alpha value is -1.43. The summed E-state index contributed by atoms with van der Waals surface area (Å²) in [4.78, 5) is 14.3. The number of carbonyl (C=O) groups excluding carboxylic acids is 1. The number of carbonyl (C=O) groups is 1. The lowest BCUT2D eigenvalue weighted by atomic mass is 10.1. The van der Waals surface area contributed by atoms with Crippen LogP contribution in [0.5, 0.6) is 0 Å². The zero-order chi connectivity index (χ0) is 6.69. The summed E-state index contributed by atoms with van der Waals surface area (Å²) >= 11 is 0. The molecule has 1 rings (SSSR count). The van der Waals surface area contributed by atoms with E-state index < -0.39 is 5.92 Å². The maximum Gasteiger partial charge on any atom is 0.179 e. The van der Waals surface area contributed by atoms with Gasteiger partial charge in [-0.2, -0.15) is 5.26 Å². The molecule has 0 spiro atoms. The average Bonchev–Trinajstić information content (AvgIpc) is 1.89. The third kappa shape index (κ3) is 1.03. The largest absolute Gasteiger partial charge is 0.293 e. The summed E-state index contributed by atoms with van der Waals surface area (Å²) < 4.78 is 0. The van der Waals surface area contributed by atoms with Crippen LogP contribution in [-0.2, 0) is 4.79 Å². The molecule has 44 valence electrons. The predicted octanol–water partition coefficient (Wildman–Crippen LogP) is 0.293. The first-order chi connectivity index (χ1) is 4.34. The van der Waals surface area contributed by atoms with Crippen molar-refractivity contribution in [3.05, 3.63) is 12.3 Å². The second-order valence-corrected chi connectivity index (χ2v) is 1.62. The van der Waals surface area contributed by atoms with Gasteiger partial charge in [0, 0.05) is 18.5 Å². The summed E-state index contributed by atoms with van der Waals surface area (Å²) in [5.41, 5.74) is 0. The first-order valence-corrected chi connectivity index (χ1v) is 2.48. The lowest BCUT2D eigenvalue weighted by molar-refractivity contribution is -0.115. The minimum absolute atomic E-state index is 0.187. The van der Waals surface area contributed by atoms with E-state index in [0.717, 1.165) is 0 Å². The van der Waals surface area contributed by atoms with Crippen molar-refractivity contribution in [1.82, 2.24) is 0 Å². The number of hydrogen-bond donors (Lipinski definition) is 0. The zero-order valence-corrected chi connectivity index (χ0v) is 4.61. The predicted molar refractivity (Wildman–Crippen MR) is 31.7 cm³/mol. The Balaban J connectivity index is 2.81. The topological polar surface area (TPSA) is 53.2 Å². The molecule has 0 amide bonds. The van der Waals surface area contributed by atoms with Crippen molar-refractivity contribution in [2.45, 2.75) is 0 Å². The average molecular weight is 120 g/mol. The van der Waals surface area contributed by atoms with Crippen molar-refractivity contribution >= 4 is 12.0 Å². The van der Waals surface area contributed by atoms with E-state index >= 15 is 0 Å². The smallest absolute Gasteiger partial charge is 0.179 e. The molecule has 0 bridgehead atoms. The molecule has 0 aliphatic carbocycles. The lowest BCUT2D eigenvalue weighted by Crippen LogP contribution is -2.12. The highest BCUT2D eigenvalue weighted by atomic mass is 16.1. The van der Waals surface area contributed by atoms with E-state index in [4.69, 9.17) is 5.26 Å². The molecule has 0 saturated heterocycles. The summed E-state index contributed by atoms with van der Waals surface area (Å²) in [6.45, 7) is 0. The van der Waals surface area contributed by atoms with Crippen molar-refractivity contribution < 1.29 is 4.79 Å². The number of allylic oxidation sites excluding steroid dienone is 1. The highest BCUT2D eigenvalue weighted by Gasteiger charge is 2.13. The molecule has 1 unspecified atom stereocenters. The third-order valence-corrected chi connectivity index (χ3v) is 1.01. The molecule has 1 atom stereocenters. The Morgan fingerprint density at radius 1 is 1.78 bits per heavy atom. The summed E-state index contributed by atoms with van der Waals surface area (Å²) in [6.07, 6.45) is 4.02. The number of rotatable bonds is 0. The van der Waals surface area contributed by atoms with Crippen LogP contribution in [0.15, 0.2) is 17.3 Å². The van der Waals surface area contributed by atoms with Crippen LogP contribution in [0, 0.1) is 17.2 Å². The van der Waals surface area contributed by atoms with E-state index in [1.165, 1.54) is 18.5 Å². The molecular formula is C6H4N2O. The highest BCUT2D eigenvalue weighted by Crippen LogP contribution is 1.99. The Labute approximate surface area is 52.3 Å². The molecule has 1 aliphatic heterocycles. The fraction of sp³-hybridized carbons (Fsp3) is 0.167. The number of nitriles is 1. The molecule has 0 radical (unpaired) electrons. The second kappa shape index (κ2) is 2.23. The summed E-state index contributed by atoms with van der Waals surface area (Å²) in [6, 6.07) is 1.80. The van der Waals surface area contributed by atoms with Gasteiger partial charge >= 0.3 is 0 Å². The van der Waals surface area contributed by atoms with E-state index in [2.05, 4.69) is 4.99 Å². The van der Waals surface area contributed by atoms with Gasteiger partial charge in [-0.15, -0.1) is 0 Å². The minimum Gasteiger partial charge on any atom is -0.293 e. The summed E-state index contributed by atoms with van der Waals surface area (Å²) in [7, 11) is 0. The first kappa shape index (κ1) is 5.70. The molecule has 0 saturated carbocycles. The van der Waals surface area contributed by atoms with Crippen LogP contribution in [-0.4, -0.2) is 12.0 Å². The maximum atomic E-state index is 10.6. The maximum absolute atomic E-state index is 10.6. The monoisotopic (exact) mass is 120 g/mol. The van der Waals surface area contributed by atoms with Crippen molar-refractivity contribution in [2.24, 2.45) is 10.9 Å². The molecule has 9 heavy (non-hydrogen) atoms. The molecule has 1 aliphatic rings. The van der Waals surface area contributed by atoms with Crippen LogP contribution in [0.3, 0.4) is 0 Å². The molecule has 0 aromatic carbocycles. The minimum atomic E-state index is -0.657. The van der Waals surface area contributed by atoms with Gasteiger partial charge in [-0.25, -0.2) is 0 Å². The van der Waals surface area contributed by atoms with Crippen LogP contribution in [0.4, 0.5) is 0 Å². The van der Waals surface area contributed by atoms with Gasteiger partial charge in [0.1, 0.15) is 5.92 Å². The Kier molecular flexibility index (Phi) is 1.41. The quantitative estimate of drug-likeness (QED) is 0.461. The molecule has 1 heterocycles. The third-order valence-electron chi connectivity index (χ3n) is 1.01. The number of aliphatic imine (C=N–C) groups is 1. The Morgan fingerprint density at radius 3 is 3.00 bits per heavy atom. The van der Waals surface area contributed by atoms with Gasteiger partial charge in [-0.3, -0.25) is 9.79 Å². The Morgan fingerprint density at radius 2 is 2.56 bits per heavy atom. The molecule has 0 N–H and O–H groups in total. The molecule has 3 nitrogen and oxygen atoms in total. The van der Waals surface area contributed by atoms with Gasteiger partial charge in [0.15, 0.2) is 5.78 Å². The van der Waals surface area contributed by atoms with Crippen LogP contribution in [0.2, 0.25) is 0 Å². The van der Waals surface area contributed by atoms with Gasteiger partial charge in [0.05, 0.1) is 6.07 Å². The van der Waals surface area contributed by atoms with Crippen molar-refractivity contribution in [1.29, 1.82) is 5.26 Å². The zero-order valence-electron chi connectivity index (χ0n) is 4.61. The van der Waals surface area contributed by atoms with Crippen LogP contribution in [0.25, 0.3) is 0 Å².